The van der Waals surface area contributed by atoms with Gasteiger partial charge in [-0.25, -0.2) is 9.07 Å². The van der Waals surface area contributed by atoms with Crippen LogP contribution in [0.25, 0.3) is 5.69 Å². The Morgan fingerprint density at radius 3 is 2.73 bits per heavy atom. The molecule has 0 aliphatic heterocycles. The Morgan fingerprint density at radius 2 is 2.03 bits per heavy atom. The van der Waals surface area contributed by atoms with Crippen LogP contribution in [0.5, 0.6) is 0 Å². The van der Waals surface area contributed by atoms with E-state index in [9.17, 15) is 9.59 Å². The van der Waals surface area contributed by atoms with Crippen LogP contribution in [0.2, 0.25) is 0 Å². The number of nitrogens with zero attached hydrogens (tertiary/aromatic N) is 2. The van der Waals surface area contributed by atoms with Gasteiger partial charge in [-0.3, -0.25) is 9.59 Å². The maximum atomic E-state index is 15.2. The fourth-order valence-corrected chi connectivity index (χ4v) is 5.21. The minimum absolute atomic E-state index is 0.103. The summed E-state index contributed by atoms with van der Waals surface area (Å²) in [5.74, 6) is -2.49. The van der Waals surface area contributed by atoms with E-state index in [1.807, 2.05) is 6.92 Å². The number of carboxylic acids is 1. The largest absolute Gasteiger partial charge is 0.480 e. The Kier molecular flexibility index (Phi) is 6.18. The molecule has 8 nitrogen and oxygen atoms in total. The predicted octanol–water partition coefficient (Wildman–Crippen LogP) is 2.94. The molecule has 2 aliphatic rings. The topological polar surface area (TPSA) is 122 Å². The number of hydrogen-bond donors (Lipinski definition) is 4. The lowest BCUT2D eigenvalue weighted by Gasteiger charge is -2.30. The Hall–Kier alpha value is -2.94. The monoisotopic (exact) mass is 457 g/mol. The summed E-state index contributed by atoms with van der Waals surface area (Å²) >= 11 is 0. The molecule has 33 heavy (non-hydrogen) atoms. The zero-order valence-corrected chi connectivity index (χ0v) is 19.4. The fraction of sp³-hybridized carbons (Fsp3) is 0.542. The smallest absolute Gasteiger partial charge is 0.317 e. The fourth-order valence-electron chi connectivity index (χ4n) is 5.21. The van der Waals surface area contributed by atoms with E-state index in [2.05, 4.69) is 24.5 Å². The average molecular weight is 458 g/mol. The molecule has 0 bridgehead atoms. The van der Waals surface area contributed by atoms with Crippen molar-refractivity contribution in [1.29, 1.82) is 0 Å². The third kappa shape index (κ3) is 4.73. The number of nitrogens with one attached hydrogen (secondary N) is 2. The Labute approximate surface area is 192 Å². The molecule has 1 amide bonds. The second kappa shape index (κ2) is 8.78. The number of rotatable bonds is 7. The van der Waals surface area contributed by atoms with E-state index in [0.717, 1.165) is 49.9 Å². The van der Waals surface area contributed by atoms with Crippen molar-refractivity contribution in [2.24, 2.45) is 11.1 Å². The van der Waals surface area contributed by atoms with Gasteiger partial charge in [0.05, 0.1) is 29.2 Å². The molecule has 178 valence electrons. The van der Waals surface area contributed by atoms with E-state index >= 15 is 4.39 Å². The number of halogens is 1. The lowest BCUT2D eigenvalue weighted by atomic mass is 9.76. The van der Waals surface area contributed by atoms with E-state index < -0.39 is 17.7 Å². The first-order valence-corrected chi connectivity index (χ1v) is 11.5. The number of primary amides is 1. The van der Waals surface area contributed by atoms with Gasteiger partial charge >= 0.3 is 5.97 Å². The van der Waals surface area contributed by atoms with Gasteiger partial charge in [0.25, 0.3) is 5.91 Å². The SMILES string of the molecule is Cc1nn(-c2cc(F)c(C(N)=O)c(NC3CCCC3NCC(=O)O)c2)c2c1CCC(C)(C)C2. The molecule has 9 heteroatoms. The number of nitrogens with two attached hydrogens (primary N) is 1. The lowest BCUT2D eigenvalue weighted by Crippen LogP contribution is -2.42. The van der Waals surface area contributed by atoms with Gasteiger partial charge < -0.3 is 21.5 Å². The van der Waals surface area contributed by atoms with Gasteiger partial charge in [-0.15, -0.1) is 0 Å². The number of aryl methyl sites for hydroxylation is 1. The summed E-state index contributed by atoms with van der Waals surface area (Å²) in [4.78, 5) is 23.1. The van der Waals surface area contributed by atoms with E-state index in [-0.39, 0.29) is 29.6 Å². The van der Waals surface area contributed by atoms with Gasteiger partial charge in [0, 0.05) is 23.8 Å². The normalized spacial score (nSPS) is 21.6. The summed E-state index contributed by atoms with van der Waals surface area (Å²) in [5.41, 5.74) is 9.51. The molecule has 2 unspecified atom stereocenters. The summed E-state index contributed by atoms with van der Waals surface area (Å²) < 4.78 is 17.0. The first-order valence-electron chi connectivity index (χ1n) is 11.5. The Bertz CT molecular complexity index is 1090. The summed E-state index contributed by atoms with van der Waals surface area (Å²) in [6, 6.07) is 2.79. The molecule has 0 spiro atoms. The molecule has 2 aliphatic carbocycles. The number of carbonyl (C=O) groups excluding carboxylic acids is 1. The molecule has 2 atom stereocenters. The van der Waals surface area contributed by atoms with Crippen LogP contribution in [0.15, 0.2) is 12.1 Å². The van der Waals surface area contributed by atoms with Crippen molar-refractivity contribution < 1.29 is 19.1 Å². The highest BCUT2D eigenvalue weighted by Crippen LogP contribution is 2.38. The van der Waals surface area contributed by atoms with Crippen LogP contribution in [-0.4, -0.2) is 45.4 Å². The molecule has 1 aromatic carbocycles. The van der Waals surface area contributed by atoms with Crippen molar-refractivity contribution in [1.82, 2.24) is 15.1 Å². The number of aliphatic carboxylic acids is 1. The second-order valence-electron chi connectivity index (χ2n) is 10.0. The minimum atomic E-state index is -0.937. The third-order valence-electron chi connectivity index (χ3n) is 6.93. The second-order valence-corrected chi connectivity index (χ2v) is 10.0. The highest BCUT2D eigenvalue weighted by molar-refractivity contribution is 5.99. The zero-order chi connectivity index (χ0) is 23.9. The average Bonchev–Trinajstić information content (AvgIpc) is 3.28. The van der Waals surface area contributed by atoms with Crippen molar-refractivity contribution in [2.45, 2.75) is 71.4 Å². The van der Waals surface area contributed by atoms with Crippen LogP contribution in [0, 0.1) is 18.2 Å². The van der Waals surface area contributed by atoms with E-state index in [1.165, 1.54) is 11.6 Å². The van der Waals surface area contributed by atoms with Crippen LogP contribution in [0.4, 0.5) is 10.1 Å². The van der Waals surface area contributed by atoms with Crippen molar-refractivity contribution in [3.63, 3.8) is 0 Å². The third-order valence-corrected chi connectivity index (χ3v) is 6.93. The van der Waals surface area contributed by atoms with Gasteiger partial charge in [-0.2, -0.15) is 5.10 Å². The van der Waals surface area contributed by atoms with E-state index in [4.69, 9.17) is 15.9 Å². The standard InChI is InChI=1S/C24H32FN5O3/c1-13-15-7-8-24(2,3)11-20(15)30(29-13)14-9-16(25)22(23(26)33)19(10-14)28-18-6-4-5-17(18)27-12-21(31)32/h9-10,17-18,27-28H,4-8,11-12H2,1-3H3,(H2,26,33)(H,31,32). The van der Waals surface area contributed by atoms with Gasteiger partial charge in [0.2, 0.25) is 0 Å². The summed E-state index contributed by atoms with van der Waals surface area (Å²) in [7, 11) is 0. The molecule has 1 heterocycles. The Balaban J connectivity index is 1.72. The van der Waals surface area contributed by atoms with Crippen LogP contribution in [-0.2, 0) is 17.6 Å². The summed E-state index contributed by atoms with van der Waals surface area (Å²) in [6.45, 7) is 6.25. The van der Waals surface area contributed by atoms with Crippen LogP contribution in [0.1, 0.15) is 66.8 Å². The number of anilines is 1. The van der Waals surface area contributed by atoms with Crippen molar-refractivity contribution in [3.05, 3.63) is 40.5 Å². The van der Waals surface area contributed by atoms with Gasteiger partial charge in [-0.05, 0) is 62.5 Å². The zero-order valence-electron chi connectivity index (χ0n) is 19.4. The minimum Gasteiger partial charge on any atom is -0.480 e. The molecule has 2 aromatic rings. The number of hydrogen-bond acceptors (Lipinski definition) is 5. The van der Waals surface area contributed by atoms with E-state index in [0.29, 0.717) is 11.4 Å². The van der Waals surface area contributed by atoms with Gasteiger partial charge in [0.15, 0.2) is 0 Å². The highest BCUT2D eigenvalue weighted by Gasteiger charge is 2.32. The van der Waals surface area contributed by atoms with Crippen LogP contribution in [0.3, 0.4) is 0 Å². The Morgan fingerprint density at radius 1 is 1.30 bits per heavy atom. The number of carboxylic acid groups (broad SMARTS) is 1. The number of benzene rings is 1. The molecule has 0 radical (unpaired) electrons. The van der Waals surface area contributed by atoms with Gasteiger partial charge in [0.1, 0.15) is 5.82 Å². The first kappa shape index (κ1) is 23.2. The predicted molar refractivity (Wildman–Crippen MR) is 123 cm³/mol. The number of aromatic nitrogens is 2. The molecule has 1 saturated carbocycles. The molecule has 5 N–H and O–H groups in total. The van der Waals surface area contributed by atoms with Crippen LogP contribution >= 0.6 is 0 Å². The molecule has 1 fully saturated rings. The van der Waals surface area contributed by atoms with Crippen molar-refractivity contribution in [2.75, 3.05) is 11.9 Å². The maximum absolute atomic E-state index is 15.2. The van der Waals surface area contributed by atoms with Gasteiger partial charge in [-0.1, -0.05) is 13.8 Å². The first-order chi connectivity index (χ1) is 15.6. The van der Waals surface area contributed by atoms with Crippen molar-refractivity contribution >= 4 is 17.6 Å². The molecule has 0 saturated heterocycles. The van der Waals surface area contributed by atoms with Crippen LogP contribution < -0.4 is 16.4 Å². The van der Waals surface area contributed by atoms with Crippen molar-refractivity contribution in [3.8, 4) is 5.69 Å². The van der Waals surface area contributed by atoms with E-state index in [1.54, 1.807) is 10.7 Å². The summed E-state index contributed by atoms with van der Waals surface area (Å²) in [5, 5.41) is 20.0. The highest BCUT2D eigenvalue weighted by atomic mass is 19.1. The molecular formula is C24H32FN5O3. The summed E-state index contributed by atoms with van der Waals surface area (Å²) in [6.07, 6.45) is 5.28. The number of carbonyl (C=O) groups is 2. The number of fused-ring (bicyclic) bond motifs is 1. The molecular weight excluding hydrogens is 425 g/mol. The maximum Gasteiger partial charge on any atom is 0.317 e. The molecule has 1 aromatic heterocycles. The molecule has 4 rings (SSSR count). The lowest BCUT2D eigenvalue weighted by molar-refractivity contribution is -0.136. The number of amides is 1. The quantitative estimate of drug-likeness (QED) is 0.507.